The number of hydrogen-bond donors (Lipinski definition) is 1. The van der Waals surface area contributed by atoms with E-state index >= 15 is 0 Å². The third-order valence-electron chi connectivity index (χ3n) is 5.65. The molecular formula is C23H22N4O2. The van der Waals surface area contributed by atoms with E-state index in [1.54, 1.807) is 12.1 Å². The Bertz CT molecular complexity index is 1280. The summed E-state index contributed by atoms with van der Waals surface area (Å²) in [5, 5.41) is 0.612. The second-order valence-corrected chi connectivity index (χ2v) is 7.57. The Hall–Kier alpha value is -3.54. The number of nitrogens with one attached hydrogen (secondary N) is 1. The van der Waals surface area contributed by atoms with Crippen LogP contribution in [0.15, 0.2) is 65.6 Å². The summed E-state index contributed by atoms with van der Waals surface area (Å²) in [4.78, 5) is 32.5. The van der Waals surface area contributed by atoms with Crippen molar-refractivity contribution in [2.24, 2.45) is 0 Å². The molecule has 0 saturated carbocycles. The maximum Gasteiger partial charge on any atom is 0.258 e. The van der Waals surface area contributed by atoms with Gasteiger partial charge in [-0.3, -0.25) is 9.59 Å². The quantitative estimate of drug-likeness (QED) is 0.576. The zero-order chi connectivity index (χ0) is 20.0. The smallest absolute Gasteiger partial charge is 0.258 e. The molecule has 0 spiro atoms. The van der Waals surface area contributed by atoms with Gasteiger partial charge in [-0.25, -0.2) is 0 Å². The number of amides is 1. The average Bonchev–Trinajstić information content (AvgIpc) is 3.18. The van der Waals surface area contributed by atoms with Crippen LogP contribution in [0, 0.1) is 6.92 Å². The van der Waals surface area contributed by atoms with Crippen molar-refractivity contribution in [1.82, 2.24) is 14.3 Å². The van der Waals surface area contributed by atoms with Crippen molar-refractivity contribution in [3.8, 4) is 0 Å². The van der Waals surface area contributed by atoms with Crippen molar-refractivity contribution < 1.29 is 4.79 Å². The number of fused-ring (bicyclic) bond motifs is 3. The summed E-state index contributed by atoms with van der Waals surface area (Å²) in [6.45, 7) is 5.06. The van der Waals surface area contributed by atoms with Crippen LogP contribution >= 0.6 is 0 Å². The predicted molar refractivity (Wildman–Crippen MR) is 115 cm³/mol. The van der Waals surface area contributed by atoms with Crippen LogP contribution in [-0.4, -0.2) is 46.4 Å². The van der Waals surface area contributed by atoms with Crippen LogP contribution in [0.2, 0.25) is 0 Å². The van der Waals surface area contributed by atoms with Gasteiger partial charge in [-0.1, -0.05) is 24.3 Å². The van der Waals surface area contributed by atoms with Gasteiger partial charge >= 0.3 is 0 Å². The molecule has 29 heavy (non-hydrogen) atoms. The van der Waals surface area contributed by atoms with Crippen molar-refractivity contribution in [1.29, 1.82) is 0 Å². The van der Waals surface area contributed by atoms with E-state index in [-0.39, 0.29) is 11.5 Å². The summed E-state index contributed by atoms with van der Waals surface area (Å²) in [6.07, 6.45) is 1.82. The first kappa shape index (κ1) is 17.6. The minimum Gasteiger partial charge on any atom is -0.368 e. The van der Waals surface area contributed by atoms with Crippen molar-refractivity contribution in [3.05, 3.63) is 82.3 Å². The number of carbonyl (C=O) groups is 1. The number of para-hydroxylation sites is 1. The van der Waals surface area contributed by atoms with E-state index in [1.165, 1.54) is 11.3 Å². The molecular weight excluding hydrogens is 364 g/mol. The number of rotatable bonds is 2. The summed E-state index contributed by atoms with van der Waals surface area (Å²) >= 11 is 0. The maximum absolute atomic E-state index is 13.1. The molecule has 6 heteroatoms. The largest absolute Gasteiger partial charge is 0.368 e. The van der Waals surface area contributed by atoms with Gasteiger partial charge in [0.2, 0.25) is 0 Å². The first-order valence-electron chi connectivity index (χ1n) is 9.84. The van der Waals surface area contributed by atoms with Crippen molar-refractivity contribution in [2.45, 2.75) is 6.92 Å². The van der Waals surface area contributed by atoms with Gasteiger partial charge in [0.05, 0.1) is 16.5 Å². The van der Waals surface area contributed by atoms with E-state index in [4.69, 9.17) is 0 Å². The molecule has 0 aliphatic carbocycles. The minimum atomic E-state index is -0.142. The Labute approximate surface area is 168 Å². The molecule has 146 valence electrons. The molecule has 3 heterocycles. The molecule has 6 nitrogen and oxygen atoms in total. The molecule has 1 fully saturated rings. The van der Waals surface area contributed by atoms with Crippen molar-refractivity contribution in [3.63, 3.8) is 0 Å². The lowest BCUT2D eigenvalue weighted by Crippen LogP contribution is -2.48. The molecule has 4 aromatic rings. The van der Waals surface area contributed by atoms with Gasteiger partial charge in [0.15, 0.2) is 0 Å². The van der Waals surface area contributed by atoms with Gasteiger partial charge in [-0.2, -0.15) is 0 Å². The Balaban J connectivity index is 1.39. The Morgan fingerprint density at radius 3 is 2.55 bits per heavy atom. The fourth-order valence-corrected chi connectivity index (χ4v) is 4.11. The highest BCUT2D eigenvalue weighted by molar-refractivity contribution is 5.96. The molecule has 1 amide bonds. The third-order valence-corrected chi connectivity index (χ3v) is 5.65. The highest BCUT2D eigenvalue weighted by Gasteiger charge is 2.23. The average molecular weight is 386 g/mol. The number of benzene rings is 2. The van der Waals surface area contributed by atoms with E-state index in [9.17, 15) is 9.59 Å². The lowest BCUT2D eigenvalue weighted by atomic mass is 10.2. The van der Waals surface area contributed by atoms with Gasteiger partial charge < -0.3 is 19.2 Å². The lowest BCUT2D eigenvalue weighted by Gasteiger charge is -2.36. The highest BCUT2D eigenvalue weighted by Crippen LogP contribution is 2.20. The first-order valence-corrected chi connectivity index (χ1v) is 9.84. The van der Waals surface area contributed by atoms with Crippen LogP contribution in [0.1, 0.15) is 15.9 Å². The number of anilines is 1. The van der Waals surface area contributed by atoms with Crippen LogP contribution < -0.4 is 10.5 Å². The SMILES string of the molecule is Cc1cccc(N2CCN(C(=O)c3cc4[nH]c(=O)c5ccccc5n4c3)CC2)c1. The summed E-state index contributed by atoms with van der Waals surface area (Å²) in [6, 6.07) is 17.6. The number of aromatic nitrogens is 2. The van der Waals surface area contributed by atoms with Gasteiger partial charge in [0.1, 0.15) is 5.65 Å². The topological polar surface area (TPSA) is 60.8 Å². The second kappa shape index (κ2) is 6.81. The fraction of sp³-hybridized carbons (Fsp3) is 0.217. The molecule has 0 unspecified atom stereocenters. The van der Waals surface area contributed by atoms with Crippen molar-refractivity contribution in [2.75, 3.05) is 31.1 Å². The Morgan fingerprint density at radius 2 is 1.76 bits per heavy atom. The summed E-state index contributed by atoms with van der Waals surface area (Å²) < 4.78 is 1.88. The Kier molecular flexibility index (Phi) is 4.12. The second-order valence-electron chi connectivity index (χ2n) is 7.57. The van der Waals surface area contributed by atoms with Crippen LogP contribution in [0.3, 0.4) is 0 Å². The van der Waals surface area contributed by atoms with E-state index in [2.05, 4.69) is 41.1 Å². The van der Waals surface area contributed by atoms with E-state index in [0.29, 0.717) is 29.7 Å². The highest BCUT2D eigenvalue weighted by atomic mass is 16.2. The number of H-pyrrole nitrogens is 1. The van der Waals surface area contributed by atoms with Crippen LogP contribution in [0.5, 0.6) is 0 Å². The number of aromatic amines is 1. The number of aryl methyl sites for hydroxylation is 1. The monoisotopic (exact) mass is 386 g/mol. The van der Waals surface area contributed by atoms with Crippen LogP contribution in [-0.2, 0) is 0 Å². The standard InChI is InChI=1S/C23H22N4O2/c1-16-5-4-6-18(13-16)25-9-11-26(12-10-25)23(29)17-14-21-24-22(28)19-7-2-3-8-20(19)27(21)15-17/h2-8,13-15H,9-12H2,1H3,(H,24,28). The molecule has 0 radical (unpaired) electrons. The molecule has 0 bridgehead atoms. The summed E-state index contributed by atoms with van der Waals surface area (Å²) in [5.41, 5.74) is 4.33. The van der Waals surface area contributed by atoms with Gasteiger partial charge in [-0.05, 0) is 42.8 Å². The van der Waals surface area contributed by atoms with Gasteiger partial charge in [0.25, 0.3) is 11.5 Å². The molecule has 1 saturated heterocycles. The molecule has 1 N–H and O–H groups in total. The van der Waals surface area contributed by atoms with Crippen LogP contribution in [0.25, 0.3) is 16.6 Å². The molecule has 5 rings (SSSR count). The molecule has 2 aromatic carbocycles. The summed E-state index contributed by atoms with van der Waals surface area (Å²) in [5.74, 6) is 0.00234. The van der Waals surface area contributed by atoms with E-state index in [0.717, 1.165) is 18.6 Å². The predicted octanol–water partition coefficient (Wildman–Crippen LogP) is 3.05. The number of nitrogens with zero attached hydrogens (tertiary/aromatic N) is 3. The molecule has 0 atom stereocenters. The lowest BCUT2D eigenvalue weighted by molar-refractivity contribution is 0.0747. The van der Waals surface area contributed by atoms with Gasteiger partial charge in [-0.15, -0.1) is 0 Å². The fourth-order valence-electron chi connectivity index (χ4n) is 4.11. The van der Waals surface area contributed by atoms with E-state index < -0.39 is 0 Å². The number of hydrogen-bond acceptors (Lipinski definition) is 3. The van der Waals surface area contributed by atoms with Gasteiger partial charge in [0, 0.05) is 38.1 Å². The molecule has 1 aliphatic heterocycles. The van der Waals surface area contributed by atoms with Crippen molar-refractivity contribution >= 4 is 28.1 Å². The number of piperazine rings is 1. The normalized spacial score (nSPS) is 14.7. The zero-order valence-electron chi connectivity index (χ0n) is 16.3. The maximum atomic E-state index is 13.1. The molecule has 1 aliphatic rings. The Morgan fingerprint density at radius 1 is 0.966 bits per heavy atom. The number of carbonyl (C=O) groups excluding carboxylic acids is 1. The summed E-state index contributed by atoms with van der Waals surface area (Å²) in [7, 11) is 0. The first-order chi connectivity index (χ1) is 14.1. The zero-order valence-corrected chi connectivity index (χ0v) is 16.3. The molecule has 2 aromatic heterocycles. The minimum absolute atomic E-state index is 0.00234. The van der Waals surface area contributed by atoms with Crippen LogP contribution in [0.4, 0.5) is 5.69 Å². The third kappa shape index (κ3) is 3.06. The van der Waals surface area contributed by atoms with E-state index in [1.807, 2.05) is 33.7 Å².